The van der Waals surface area contributed by atoms with Gasteiger partial charge in [-0.1, -0.05) is 131 Å². The van der Waals surface area contributed by atoms with Gasteiger partial charge >= 0.3 is 0 Å². The van der Waals surface area contributed by atoms with Crippen LogP contribution in [0.5, 0.6) is 0 Å². The average Bonchev–Trinajstić information content (AvgIpc) is 3.13. The lowest BCUT2D eigenvalue weighted by Gasteiger charge is -2.48. The maximum Gasteiger partial charge on any atom is 0.244 e. The number of hydrogen-bond donors (Lipinski definition) is 2. The van der Waals surface area contributed by atoms with Crippen molar-refractivity contribution in [2.75, 3.05) is 6.67 Å². The van der Waals surface area contributed by atoms with Gasteiger partial charge in [-0.15, -0.1) is 0 Å². The third kappa shape index (κ3) is 10.8. The first-order valence-corrected chi connectivity index (χ1v) is 16.6. The zero-order valence-electron chi connectivity index (χ0n) is 26.1. The monoisotopic (exact) mass is 523 g/mol. The van der Waals surface area contributed by atoms with Crippen LogP contribution in [0.3, 0.4) is 0 Å². The molecule has 0 spiro atoms. The Morgan fingerprint density at radius 1 is 0.622 bits per heavy atom. The van der Waals surface area contributed by atoms with E-state index < -0.39 is 5.54 Å². The molecule has 0 aromatic carbocycles. The molecule has 1 fully saturated rings. The highest BCUT2D eigenvalue weighted by atomic mass is 16.5. The molecular weight excluding hydrogens is 456 g/mol. The van der Waals surface area contributed by atoms with Crippen molar-refractivity contribution in [3.05, 3.63) is 0 Å². The molecule has 1 amide bonds. The fourth-order valence-electron chi connectivity index (χ4n) is 7.57. The van der Waals surface area contributed by atoms with Gasteiger partial charge in [0, 0.05) is 0 Å². The predicted octanol–water partition coefficient (Wildman–Crippen LogP) is 10.2. The van der Waals surface area contributed by atoms with Crippen LogP contribution < -0.4 is 5.32 Å². The summed E-state index contributed by atoms with van der Waals surface area (Å²) in [4.78, 5) is 13.9. The first-order chi connectivity index (χ1) is 17.8. The number of hydrogen-bond acceptors (Lipinski definition) is 3. The van der Waals surface area contributed by atoms with Crippen molar-refractivity contribution >= 4 is 5.91 Å². The zero-order valence-corrected chi connectivity index (χ0v) is 26.1. The zero-order chi connectivity index (χ0) is 27.6. The Bertz CT molecular complexity index is 535. The van der Waals surface area contributed by atoms with Gasteiger partial charge < -0.3 is 10.5 Å². The molecule has 0 aromatic heterocycles. The molecular formula is C33H66N2O2. The predicted molar refractivity (Wildman–Crippen MR) is 160 cm³/mol. The van der Waals surface area contributed by atoms with Gasteiger partial charge in [0.2, 0.25) is 5.91 Å². The normalized spacial score (nSPS) is 16.5. The van der Waals surface area contributed by atoms with Gasteiger partial charge in [0.25, 0.3) is 0 Å². The molecule has 1 aliphatic rings. The standard InChI is InChI=1S/C33H66N2O2/c1-7-13-17-23-31(21-11-5,24-18-14-8-2)27-33(30(36)34-29-35(33)37)28-32(22-12-6,25-19-15-9-3)26-20-16-10-4/h37H,7-29H2,1-6H3,(H,34,36). The first-order valence-electron chi connectivity index (χ1n) is 16.6. The van der Waals surface area contributed by atoms with E-state index in [-0.39, 0.29) is 23.4 Å². The van der Waals surface area contributed by atoms with E-state index in [1.165, 1.54) is 108 Å². The van der Waals surface area contributed by atoms with Crippen LogP contribution in [0.1, 0.15) is 183 Å². The number of hydroxylamine groups is 2. The molecule has 4 heteroatoms. The Kier molecular flexibility index (Phi) is 17.3. The third-order valence-corrected chi connectivity index (χ3v) is 9.44. The van der Waals surface area contributed by atoms with Gasteiger partial charge in [0.1, 0.15) is 5.54 Å². The van der Waals surface area contributed by atoms with Crippen LogP contribution in [-0.2, 0) is 4.79 Å². The second kappa shape index (κ2) is 18.6. The molecule has 220 valence electrons. The Morgan fingerprint density at radius 3 is 1.22 bits per heavy atom. The molecule has 0 radical (unpaired) electrons. The molecule has 1 aliphatic heterocycles. The molecule has 37 heavy (non-hydrogen) atoms. The second-order valence-corrected chi connectivity index (χ2v) is 12.8. The molecule has 2 N–H and O–H groups in total. The summed E-state index contributed by atoms with van der Waals surface area (Å²) in [5, 5.41) is 16.1. The van der Waals surface area contributed by atoms with Crippen molar-refractivity contribution in [1.82, 2.24) is 10.4 Å². The summed E-state index contributed by atoms with van der Waals surface area (Å²) in [6.07, 6.45) is 25.9. The van der Waals surface area contributed by atoms with E-state index in [9.17, 15) is 10.0 Å². The van der Waals surface area contributed by atoms with Gasteiger partial charge in [-0.25, -0.2) is 0 Å². The molecule has 0 atom stereocenters. The number of nitrogens with one attached hydrogen (secondary N) is 1. The van der Waals surface area contributed by atoms with Crippen LogP contribution in [0.15, 0.2) is 0 Å². The van der Waals surface area contributed by atoms with Crippen LogP contribution in [0.2, 0.25) is 0 Å². The fraction of sp³-hybridized carbons (Fsp3) is 0.970. The number of amides is 1. The molecule has 0 unspecified atom stereocenters. The van der Waals surface area contributed by atoms with Crippen LogP contribution in [0.25, 0.3) is 0 Å². The van der Waals surface area contributed by atoms with Gasteiger partial charge in [-0.2, -0.15) is 5.06 Å². The molecule has 0 saturated carbocycles. The van der Waals surface area contributed by atoms with Crippen LogP contribution in [0, 0.1) is 10.8 Å². The summed E-state index contributed by atoms with van der Waals surface area (Å²) in [5.74, 6) is 0.0907. The lowest BCUT2D eigenvalue weighted by molar-refractivity contribution is -0.182. The Balaban J connectivity index is 3.48. The number of nitrogens with zero attached hydrogens (tertiary/aromatic N) is 1. The Morgan fingerprint density at radius 2 is 0.973 bits per heavy atom. The lowest BCUT2D eigenvalue weighted by atomic mass is 9.60. The fourth-order valence-corrected chi connectivity index (χ4v) is 7.57. The summed E-state index contributed by atoms with van der Waals surface area (Å²) in [7, 11) is 0. The van der Waals surface area contributed by atoms with Crippen LogP contribution in [0.4, 0.5) is 0 Å². The number of carbonyl (C=O) groups excluding carboxylic acids is 1. The average molecular weight is 523 g/mol. The van der Waals surface area contributed by atoms with Crippen LogP contribution in [-0.4, -0.2) is 28.4 Å². The minimum Gasteiger partial charge on any atom is -0.339 e. The largest absolute Gasteiger partial charge is 0.339 e. The van der Waals surface area contributed by atoms with E-state index in [1.54, 1.807) is 0 Å². The van der Waals surface area contributed by atoms with Crippen molar-refractivity contribution < 1.29 is 10.0 Å². The van der Waals surface area contributed by atoms with Gasteiger partial charge in [-0.05, 0) is 62.2 Å². The van der Waals surface area contributed by atoms with E-state index >= 15 is 0 Å². The molecule has 1 heterocycles. The van der Waals surface area contributed by atoms with Crippen molar-refractivity contribution in [3.8, 4) is 0 Å². The Hall–Kier alpha value is -0.610. The minimum absolute atomic E-state index is 0.0907. The molecule has 4 nitrogen and oxygen atoms in total. The third-order valence-electron chi connectivity index (χ3n) is 9.44. The first kappa shape index (κ1) is 34.4. The quantitative estimate of drug-likeness (QED) is 0.124. The second-order valence-electron chi connectivity index (χ2n) is 12.8. The van der Waals surface area contributed by atoms with Gasteiger partial charge in [0.15, 0.2) is 0 Å². The van der Waals surface area contributed by atoms with E-state index in [1.807, 2.05) is 0 Å². The molecule has 0 aromatic rings. The summed E-state index contributed by atoms with van der Waals surface area (Å²) in [6, 6.07) is 0. The molecule has 0 bridgehead atoms. The highest BCUT2D eigenvalue weighted by molar-refractivity contribution is 5.88. The summed E-state index contributed by atoms with van der Waals surface area (Å²) in [5.41, 5.74) is -0.527. The lowest BCUT2D eigenvalue weighted by Crippen LogP contribution is -2.54. The summed E-state index contributed by atoms with van der Waals surface area (Å²) in [6.45, 7) is 14.0. The highest BCUT2D eigenvalue weighted by Crippen LogP contribution is 2.52. The van der Waals surface area contributed by atoms with E-state index in [0.29, 0.717) is 0 Å². The smallest absolute Gasteiger partial charge is 0.244 e. The summed E-state index contributed by atoms with van der Waals surface area (Å²) < 4.78 is 0. The summed E-state index contributed by atoms with van der Waals surface area (Å²) >= 11 is 0. The van der Waals surface area contributed by atoms with Crippen molar-refractivity contribution in [2.45, 2.75) is 188 Å². The Labute approximate surface area is 232 Å². The number of rotatable bonds is 24. The van der Waals surface area contributed by atoms with E-state index in [0.717, 1.165) is 38.5 Å². The number of unbranched alkanes of at least 4 members (excludes halogenated alkanes) is 8. The highest BCUT2D eigenvalue weighted by Gasteiger charge is 2.55. The number of carbonyl (C=O) groups is 1. The molecule has 1 rings (SSSR count). The van der Waals surface area contributed by atoms with E-state index in [4.69, 9.17) is 0 Å². The molecule has 1 saturated heterocycles. The topological polar surface area (TPSA) is 52.6 Å². The SMILES string of the molecule is CCCCCC(CCC)(CCCCC)CC1(CC(CCC)(CCCCC)CCCCC)C(=O)NCN1O. The van der Waals surface area contributed by atoms with Crippen molar-refractivity contribution in [1.29, 1.82) is 0 Å². The van der Waals surface area contributed by atoms with Crippen LogP contribution >= 0.6 is 0 Å². The van der Waals surface area contributed by atoms with Crippen molar-refractivity contribution in [2.24, 2.45) is 10.8 Å². The maximum absolute atomic E-state index is 13.9. The van der Waals surface area contributed by atoms with Crippen molar-refractivity contribution in [3.63, 3.8) is 0 Å². The van der Waals surface area contributed by atoms with E-state index in [2.05, 4.69) is 46.9 Å². The van der Waals surface area contributed by atoms with Gasteiger partial charge in [0.05, 0.1) is 6.67 Å². The minimum atomic E-state index is -0.790. The maximum atomic E-state index is 13.9. The molecule has 0 aliphatic carbocycles. The van der Waals surface area contributed by atoms with Gasteiger partial charge in [-0.3, -0.25) is 4.79 Å².